The van der Waals surface area contributed by atoms with Crippen LogP contribution in [0.2, 0.25) is 0 Å². The molecule has 2 unspecified atom stereocenters. The molecular formula is C8H10O4. The van der Waals surface area contributed by atoms with E-state index in [-0.39, 0.29) is 18.0 Å². The Labute approximate surface area is 69.6 Å². The molecule has 0 radical (unpaired) electrons. The molecule has 1 fully saturated rings. The minimum absolute atomic E-state index is 0.117. The van der Waals surface area contributed by atoms with Gasteiger partial charge in [-0.1, -0.05) is 0 Å². The van der Waals surface area contributed by atoms with Crippen LogP contribution in [-0.2, 0) is 14.4 Å². The van der Waals surface area contributed by atoms with Gasteiger partial charge in [-0.05, 0) is 13.3 Å². The molecule has 1 saturated carbocycles. The van der Waals surface area contributed by atoms with Crippen LogP contribution < -0.4 is 0 Å². The molecule has 0 aromatic carbocycles. The molecule has 1 rings (SSSR count). The average Bonchev–Trinajstić information content (AvgIpc) is 2.61. The van der Waals surface area contributed by atoms with Crippen molar-refractivity contribution in [3.63, 3.8) is 0 Å². The normalized spacial score (nSPS) is 26.4. The molecule has 0 spiro atoms. The maximum atomic E-state index is 11.0. The van der Waals surface area contributed by atoms with Gasteiger partial charge in [0.15, 0.2) is 0 Å². The maximum absolute atomic E-state index is 11.0. The highest BCUT2D eigenvalue weighted by Gasteiger charge is 2.47. The minimum Gasteiger partial charge on any atom is -0.481 e. The molecule has 4 nitrogen and oxygen atoms in total. The number of carboxylic acid groups (broad SMARTS) is 1. The Balaban J connectivity index is 2.38. The lowest BCUT2D eigenvalue weighted by molar-refractivity contribution is -0.140. The highest BCUT2D eigenvalue weighted by Crippen LogP contribution is 2.39. The SMILES string of the molecule is CC(=O)CC(=O)C1CC1C(=O)O. The van der Waals surface area contributed by atoms with Gasteiger partial charge < -0.3 is 5.11 Å². The van der Waals surface area contributed by atoms with Gasteiger partial charge in [-0.3, -0.25) is 14.4 Å². The van der Waals surface area contributed by atoms with E-state index >= 15 is 0 Å². The Morgan fingerprint density at radius 2 is 1.92 bits per heavy atom. The summed E-state index contributed by atoms with van der Waals surface area (Å²) in [7, 11) is 0. The van der Waals surface area contributed by atoms with E-state index in [1.165, 1.54) is 6.92 Å². The van der Waals surface area contributed by atoms with E-state index in [0.717, 1.165) is 0 Å². The lowest BCUT2D eigenvalue weighted by atomic mass is 10.1. The van der Waals surface area contributed by atoms with Crippen molar-refractivity contribution in [2.45, 2.75) is 19.8 Å². The molecule has 1 aliphatic rings. The third kappa shape index (κ3) is 1.90. The van der Waals surface area contributed by atoms with E-state index < -0.39 is 17.8 Å². The Morgan fingerprint density at radius 3 is 2.25 bits per heavy atom. The van der Waals surface area contributed by atoms with Crippen molar-refractivity contribution in [3.05, 3.63) is 0 Å². The van der Waals surface area contributed by atoms with Crippen LogP contribution in [0.25, 0.3) is 0 Å². The van der Waals surface area contributed by atoms with Crippen molar-refractivity contribution < 1.29 is 19.5 Å². The number of hydrogen-bond acceptors (Lipinski definition) is 3. The summed E-state index contributed by atoms with van der Waals surface area (Å²) >= 11 is 0. The van der Waals surface area contributed by atoms with Crippen molar-refractivity contribution in [1.29, 1.82) is 0 Å². The first kappa shape index (κ1) is 8.90. The zero-order valence-corrected chi connectivity index (χ0v) is 6.74. The number of carbonyl (C=O) groups excluding carboxylic acids is 2. The molecular weight excluding hydrogens is 160 g/mol. The van der Waals surface area contributed by atoms with E-state index in [9.17, 15) is 14.4 Å². The van der Waals surface area contributed by atoms with Crippen LogP contribution in [0.15, 0.2) is 0 Å². The third-order valence-electron chi connectivity index (χ3n) is 1.94. The van der Waals surface area contributed by atoms with Gasteiger partial charge in [0.25, 0.3) is 0 Å². The number of rotatable bonds is 4. The number of carbonyl (C=O) groups is 3. The number of Topliss-reactive ketones (excluding diaryl/α,β-unsaturated/α-hetero) is 2. The average molecular weight is 170 g/mol. The second kappa shape index (κ2) is 3.05. The van der Waals surface area contributed by atoms with E-state index in [1.807, 2.05) is 0 Å². The standard InChI is InChI=1S/C8H10O4/c1-4(9)2-7(10)5-3-6(5)8(11)12/h5-6H,2-3H2,1H3,(H,11,12). The highest BCUT2D eigenvalue weighted by molar-refractivity contribution is 6.02. The van der Waals surface area contributed by atoms with Crippen molar-refractivity contribution in [3.8, 4) is 0 Å². The number of carboxylic acids is 1. The third-order valence-corrected chi connectivity index (χ3v) is 1.94. The van der Waals surface area contributed by atoms with Crippen LogP contribution in [0, 0.1) is 11.8 Å². The summed E-state index contributed by atoms with van der Waals surface area (Å²) in [5, 5.41) is 8.47. The van der Waals surface area contributed by atoms with Crippen LogP contribution in [0.1, 0.15) is 19.8 Å². The van der Waals surface area contributed by atoms with Crippen LogP contribution in [0.4, 0.5) is 0 Å². The summed E-state index contributed by atoms with van der Waals surface area (Å²) in [5.41, 5.74) is 0. The molecule has 0 bridgehead atoms. The molecule has 0 aromatic heterocycles. The second-order valence-electron chi connectivity index (χ2n) is 3.13. The summed E-state index contributed by atoms with van der Waals surface area (Å²) in [6.07, 6.45) is 0.288. The van der Waals surface area contributed by atoms with E-state index in [0.29, 0.717) is 6.42 Å². The maximum Gasteiger partial charge on any atom is 0.307 e. The highest BCUT2D eigenvalue weighted by atomic mass is 16.4. The molecule has 0 saturated heterocycles. The topological polar surface area (TPSA) is 71.4 Å². The molecule has 0 amide bonds. The fourth-order valence-electron chi connectivity index (χ4n) is 1.20. The van der Waals surface area contributed by atoms with Gasteiger partial charge in [0.1, 0.15) is 11.6 Å². The summed E-state index contributed by atoms with van der Waals surface area (Å²) < 4.78 is 0. The molecule has 0 aromatic rings. The smallest absolute Gasteiger partial charge is 0.307 e. The minimum atomic E-state index is -0.933. The summed E-state index contributed by atoms with van der Waals surface area (Å²) in [4.78, 5) is 31.9. The Morgan fingerprint density at radius 1 is 1.33 bits per heavy atom. The first-order chi connectivity index (χ1) is 5.52. The Kier molecular flexibility index (Phi) is 2.26. The molecule has 0 aliphatic heterocycles. The summed E-state index contributed by atoms with van der Waals surface area (Å²) in [6, 6.07) is 0. The van der Waals surface area contributed by atoms with E-state index in [1.54, 1.807) is 0 Å². The van der Waals surface area contributed by atoms with Gasteiger partial charge in [0, 0.05) is 5.92 Å². The molecule has 0 heterocycles. The van der Waals surface area contributed by atoms with E-state index in [4.69, 9.17) is 5.11 Å². The van der Waals surface area contributed by atoms with Crippen LogP contribution in [-0.4, -0.2) is 22.6 Å². The monoisotopic (exact) mass is 170 g/mol. The van der Waals surface area contributed by atoms with Gasteiger partial charge in [-0.2, -0.15) is 0 Å². The van der Waals surface area contributed by atoms with Crippen LogP contribution in [0.3, 0.4) is 0 Å². The summed E-state index contributed by atoms with van der Waals surface area (Å²) in [5.74, 6) is -2.29. The molecule has 2 atom stereocenters. The lowest BCUT2D eigenvalue weighted by Crippen LogP contribution is -2.10. The fourth-order valence-corrected chi connectivity index (χ4v) is 1.20. The first-order valence-corrected chi connectivity index (χ1v) is 3.77. The number of ketones is 2. The quantitative estimate of drug-likeness (QED) is 0.614. The molecule has 1 aliphatic carbocycles. The van der Waals surface area contributed by atoms with Gasteiger partial charge in [-0.25, -0.2) is 0 Å². The predicted molar refractivity (Wildman–Crippen MR) is 39.5 cm³/mol. The van der Waals surface area contributed by atoms with Crippen molar-refractivity contribution in [2.75, 3.05) is 0 Å². The van der Waals surface area contributed by atoms with E-state index in [2.05, 4.69) is 0 Å². The van der Waals surface area contributed by atoms with Crippen molar-refractivity contribution in [2.24, 2.45) is 11.8 Å². The van der Waals surface area contributed by atoms with Crippen LogP contribution in [0.5, 0.6) is 0 Å². The van der Waals surface area contributed by atoms with Gasteiger partial charge >= 0.3 is 5.97 Å². The summed E-state index contributed by atoms with van der Waals surface area (Å²) in [6.45, 7) is 1.33. The van der Waals surface area contributed by atoms with Gasteiger partial charge in [0.05, 0.1) is 12.3 Å². The zero-order chi connectivity index (χ0) is 9.30. The zero-order valence-electron chi connectivity index (χ0n) is 6.74. The van der Waals surface area contributed by atoms with Crippen molar-refractivity contribution in [1.82, 2.24) is 0 Å². The van der Waals surface area contributed by atoms with Gasteiger partial charge in [0.2, 0.25) is 0 Å². The largest absolute Gasteiger partial charge is 0.481 e. The number of hydrogen-bond donors (Lipinski definition) is 1. The predicted octanol–water partition coefficient (Wildman–Crippen LogP) is 0.255. The molecule has 1 N–H and O–H groups in total. The fraction of sp³-hybridized carbons (Fsp3) is 0.625. The molecule has 4 heteroatoms. The second-order valence-corrected chi connectivity index (χ2v) is 3.13. The molecule has 12 heavy (non-hydrogen) atoms. The van der Waals surface area contributed by atoms with Gasteiger partial charge in [-0.15, -0.1) is 0 Å². The molecule has 66 valence electrons. The first-order valence-electron chi connectivity index (χ1n) is 3.77. The Bertz CT molecular complexity index is 243. The number of aliphatic carboxylic acids is 1. The van der Waals surface area contributed by atoms with Crippen molar-refractivity contribution >= 4 is 17.5 Å². The van der Waals surface area contributed by atoms with Crippen LogP contribution >= 0.6 is 0 Å². The Hall–Kier alpha value is -1.19. The lowest BCUT2D eigenvalue weighted by Gasteiger charge is -1.92.